The Morgan fingerprint density at radius 1 is 1.29 bits per heavy atom. The molecule has 17 heavy (non-hydrogen) atoms. The van der Waals surface area contributed by atoms with E-state index in [-0.39, 0.29) is 0 Å². The first-order valence-electron chi connectivity index (χ1n) is 5.88. The number of hydrogen-bond donors (Lipinski definition) is 1. The van der Waals surface area contributed by atoms with E-state index in [4.69, 9.17) is 0 Å². The minimum absolute atomic E-state index is 0.878. The number of thiazole rings is 1. The number of rotatable bonds is 5. The highest BCUT2D eigenvalue weighted by atomic mass is 32.1. The zero-order valence-corrected chi connectivity index (χ0v) is 11.0. The van der Waals surface area contributed by atoms with Crippen molar-refractivity contribution < 1.29 is 0 Å². The maximum absolute atomic E-state index is 4.54. The summed E-state index contributed by atoms with van der Waals surface area (Å²) in [5, 5.41) is 6.67. The van der Waals surface area contributed by atoms with Gasteiger partial charge >= 0.3 is 0 Å². The second-order valence-corrected chi connectivity index (χ2v) is 4.87. The van der Waals surface area contributed by atoms with Gasteiger partial charge in [-0.3, -0.25) is 0 Å². The molecule has 0 aliphatic heterocycles. The average molecular weight is 247 g/mol. The predicted molar refractivity (Wildman–Crippen MR) is 72.7 cm³/mol. The zero-order chi connectivity index (χ0) is 12.1. The van der Waals surface area contributed by atoms with Gasteiger partial charge in [-0.15, -0.1) is 11.3 Å². The van der Waals surface area contributed by atoms with E-state index in [1.807, 2.05) is 25.1 Å². The third-order valence-corrected chi connectivity index (χ3v) is 3.52. The van der Waals surface area contributed by atoms with E-state index in [9.17, 15) is 0 Å². The van der Waals surface area contributed by atoms with Crippen molar-refractivity contribution in [2.24, 2.45) is 0 Å². The van der Waals surface area contributed by atoms with Crippen LogP contribution in [0.15, 0.2) is 23.6 Å². The fourth-order valence-corrected chi connectivity index (χ4v) is 2.37. The maximum Gasteiger partial charge on any atom is 0.126 e. The van der Waals surface area contributed by atoms with Gasteiger partial charge in [0.25, 0.3) is 0 Å². The summed E-state index contributed by atoms with van der Waals surface area (Å²) < 4.78 is 0. The number of pyridine rings is 1. The Bertz CT molecular complexity index is 479. The van der Waals surface area contributed by atoms with E-state index in [2.05, 4.69) is 27.6 Å². The van der Waals surface area contributed by atoms with Gasteiger partial charge in [0.1, 0.15) is 5.82 Å². The standard InChI is InChI=1S/C13H17N3S/c1-3-13-16-11(9-17-13)7-8-14-12-6-4-5-10(2)15-12/h4-6,9H,3,7-8H2,1-2H3,(H,14,15). The molecule has 2 rings (SSSR count). The third kappa shape index (κ3) is 3.53. The molecule has 90 valence electrons. The zero-order valence-electron chi connectivity index (χ0n) is 10.2. The van der Waals surface area contributed by atoms with Crippen molar-refractivity contribution in [1.29, 1.82) is 0 Å². The van der Waals surface area contributed by atoms with Crippen molar-refractivity contribution >= 4 is 17.2 Å². The quantitative estimate of drug-likeness (QED) is 0.882. The molecule has 0 saturated heterocycles. The summed E-state index contributed by atoms with van der Waals surface area (Å²) in [4.78, 5) is 8.93. The summed E-state index contributed by atoms with van der Waals surface area (Å²) in [6.45, 7) is 5.01. The topological polar surface area (TPSA) is 37.8 Å². The van der Waals surface area contributed by atoms with Crippen molar-refractivity contribution in [3.05, 3.63) is 40.0 Å². The van der Waals surface area contributed by atoms with Crippen LogP contribution in [-0.2, 0) is 12.8 Å². The Morgan fingerprint density at radius 2 is 2.18 bits per heavy atom. The number of aryl methyl sites for hydroxylation is 2. The SMILES string of the molecule is CCc1nc(CCNc2cccc(C)n2)cs1. The van der Waals surface area contributed by atoms with E-state index in [1.54, 1.807) is 11.3 Å². The van der Waals surface area contributed by atoms with Gasteiger partial charge in [0.15, 0.2) is 0 Å². The lowest BCUT2D eigenvalue weighted by atomic mass is 10.3. The molecule has 0 amide bonds. The molecule has 0 saturated carbocycles. The number of hydrogen-bond acceptors (Lipinski definition) is 4. The molecule has 0 unspecified atom stereocenters. The van der Waals surface area contributed by atoms with Gasteiger partial charge in [-0.05, 0) is 25.5 Å². The monoisotopic (exact) mass is 247 g/mol. The van der Waals surface area contributed by atoms with E-state index in [1.165, 1.54) is 10.7 Å². The number of anilines is 1. The summed E-state index contributed by atoms with van der Waals surface area (Å²) in [6, 6.07) is 6.01. The van der Waals surface area contributed by atoms with Crippen molar-refractivity contribution in [1.82, 2.24) is 9.97 Å². The van der Waals surface area contributed by atoms with Gasteiger partial charge in [0.05, 0.1) is 10.7 Å². The molecule has 2 heterocycles. The van der Waals surface area contributed by atoms with Crippen LogP contribution in [0.3, 0.4) is 0 Å². The molecular weight excluding hydrogens is 230 g/mol. The first-order chi connectivity index (χ1) is 8.28. The van der Waals surface area contributed by atoms with Gasteiger partial charge in [0, 0.05) is 24.0 Å². The van der Waals surface area contributed by atoms with Crippen molar-refractivity contribution in [2.45, 2.75) is 26.7 Å². The molecular formula is C13H17N3S. The molecule has 0 aliphatic rings. The lowest BCUT2D eigenvalue weighted by Gasteiger charge is -2.04. The molecule has 2 aromatic rings. The number of nitrogens with one attached hydrogen (secondary N) is 1. The lowest BCUT2D eigenvalue weighted by molar-refractivity contribution is 0.943. The van der Waals surface area contributed by atoms with Gasteiger partial charge in [-0.25, -0.2) is 9.97 Å². The van der Waals surface area contributed by atoms with Crippen LogP contribution < -0.4 is 5.32 Å². The predicted octanol–water partition coefficient (Wildman–Crippen LogP) is 3.06. The molecule has 4 heteroatoms. The molecule has 0 spiro atoms. The van der Waals surface area contributed by atoms with Crippen LogP contribution in [0.1, 0.15) is 23.3 Å². The van der Waals surface area contributed by atoms with Gasteiger partial charge in [-0.1, -0.05) is 13.0 Å². The van der Waals surface area contributed by atoms with Crippen LogP contribution in [0.5, 0.6) is 0 Å². The van der Waals surface area contributed by atoms with E-state index < -0.39 is 0 Å². The first kappa shape index (κ1) is 12.0. The Balaban J connectivity index is 1.83. The van der Waals surface area contributed by atoms with Gasteiger partial charge < -0.3 is 5.32 Å². The summed E-state index contributed by atoms with van der Waals surface area (Å²) >= 11 is 1.74. The minimum atomic E-state index is 0.878. The fourth-order valence-electron chi connectivity index (χ4n) is 1.59. The number of aromatic nitrogens is 2. The van der Waals surface area contributed by atoms with E-state index in [0.29, 0.717) is 0 Å². The molecule has 0 atom stereocenters. The normalized spacial score (nSPS) is 10.5. The summed E-state index contributed by atoms with van der Waals surface area (Å²) in [7, 11) is 0. The maximum atomic E-state index is 4.54. The van der Waals surface area contributed by atoms with Crippen LogP contribution in [0.2, 0.25) is 0 Å². The van der Waals surface area contributed by atoms with Crippen LogP contribution in [-0.4, -0.2) is 16.5 Å². The Kier molecular flexibility index (Phi) is 4.09. The molecule has 2 aromatic heterocycles. The fraction of sp³-hybridized carbons (Fsp3) is 0.385. The van der Waals surface area contributed by atoms with Crippen LogP contribution in [0, 0.1) is 6.92 Å². The molecule has 1 N–H and O–H groups in total. The van der Waals surface area contributed by atoms with Crippen LogP contribution >= 0.6 is 11.3 Å². The van der Waals surface area contributed by atoms with Crippen molar-refractivity contribution in [3.8, 4) is 0 Å². The molecule has 3 nitrogen and oxygen atoms in total. The van der Waals surface area contributed by atoms with Gasteiger partial charge in [0.2, 0.25) is 0 Å². The van der Waals surface area contributed by atoms with Crippen molar-refractivity contribution in [2.75, 3.05) is 11.9 Å². The highest BCUT2D eigenvalue weighted by molar-refractivity contribution is 7.09. The Labute approximate surface area is 106 Å². The molecule has 0 aliphatic carbocycles. The second kappa shape index (κ2) is 5.77. The average Bonchev–Trinajstić information content (AvgIpc) is 2.77. The van der Waals surface area contributed by atoms with Gasteiger partial charge in [-0.2, -0.15) is 0 Å². The van der Waals surface area contributed by atoms with Crippen LogP contribution in [0.4, 0.5) is 5.82 Å². The summed E-state index contributed by atoms with van der Waals surface area (Å²) in [5.41, 5.74) is 2.21. The molecule has 0 aromatic carbocycles. The summed E-state index contributed by atoms with van der Waals surface area (Å²) in [5.74, 6) is 0.941. The highest BCUT2D eigenvalue weighted by Gasteiger charge is 2.00. The Hall–Kier alpha value is -1.42. The number of nitrogens with zero attached hydrogens (tertiary/aromatic N) is 2. The van der Waals surface area contributed by atoms with Crippen LogP contribution in [0.25, 0.3) is 0 Å². The molecule has 0 bridgehead atoms. The third-order valence-electron chi connectivity index (χ3n) is 2.48. The smallest absolute Gasteiger partial charge is 0.126 e. The molecule has 0 radical (unpaired) electrons. The largest absolute Gasteiger partial charge is 0.370 e. The van der Waals surface area contributed by atoms with E-state index >= 15 is 0 Å². The van der Waals surface area contributed by atoms with E-state index in [0.717, 1.165) is 30.9 Å². The minimum Gasteiger partial charge on any atom is -0.370 e. The van der Waals surface area contributed by atoms with Crippen molar-refractivity contribution in [3.63, 3.8) is 0 Å². The first-order valence-corrected chi connectivity index (χ1v) is 6.76. The molecule has 0 fully saturated rings. The summed E-state index contributed by atoms with van der Waals surface area (Å²) in [6.07, 6.45) is 1.98. The second-order valence-electron chi connectivity index (χ2n) is 3.93. The lowest BCUT2D eigenvalue weighted by Crippen LogP contribution is -2.06. The Morgan fingerprint density at radius 3 is 2.88 bits per heavy atom. The highest BCUT2D eigenvalue weighted by Crippen LogP contribution is 2.11.